The Morgan fingerprint density at radius 2 is 1.40 bits per heavy atom. The second kappa shape index (κ2) is 9.71. The zero-order chi connectivity index (χ0) is 25.2. The Morgan fingerprint density at radius 1 is 0.800 bits per heavy atom. The van der Waals surface area contributed by atoms with Crippen LogP contribution >= 0.6 is 11.3 Å². The summed E-state index contributed by atoms with van der Waals surface area (Å²) >= 11 is 1.10. The van der Waals surface area contributed by atoms with Crippen molar-refractivity contribution in [1.82, 2.24) is 4.98 Å². The van der Waals surface area contributed by atoms with Gasteiger partial charge in [-0.05, 0) is 55.8 Å². The molecular formula is C26H20F3N3O2S. The number of amides is 2. The summed E-state index contributed by atoms with van der Waals surface area (Å²) in [7, 11) is 0. The predicted molar refractivity (Wildman–Crippen MR) is 131 cm³/mol. The molecule has 9 heteroatoms. The minimum Gasteiger partial charge on any atom is -0.322 e. The van der Waals surface area contributed by atoms with E-state index in [-0.39, 0.29) is 5.91 Å². The number of aromatic nitrogens is 1. The van der Waals surface area contributed by atoms with Crippen LogP contribution in [0.2, 0.25) is 0 Å². The molecule has 0 unspecified atom stereocenters. The third kappa shape index (κ3) is 5.41. The highest BCUT2D eigenvalue weighted by molar-refractivity contribution is 7.17. The van der Waals surface area contributed by atoms with Crippen LogP contribution in [-0.2, 0) is 6.18 Å². The molecule has 1 heterocycles. The maximum absolute atomic E-state index is 13.0. The van der Waals surface area contributed by atoms with Crippen LogP contribution < -0.4 is 10.6 Å². The van der Waals surface area contributed by atoms with Gasteiger partial charge in [0, 0.05) is 22.5 Å². The fourth-order valence-electron chi connectivity index (χ4n) is 3.40. The second-order valence-electron chi connectivity index (χ2n) is 7.76. The average Bonchev–Trinajstić information content (AvgIpc) is 3.23. The summed E-state index contributed by atoms with van der Waals surface area (Å²) in [6.45, 7) is 3.45. The molecule has 4 rings (SSSR count). The van der Waals surface area contributed by atoms with Gasteiger partial charge in [-0.25, -0.2) is 4.98 Å². The number of nitrogens with zero attached hydrogens (tertiary/aromatic N) is 1. The third-order valence-corrected chi connectivity index (χ3v) is 6.53. The number of rotatable bonds is 5. The van der Waals surface area contributed by atoms with Crippen molar-refractivity contribution in [3.05, 3.63) is 100 Å². The third-order valence-electron chi connectivity index (χ3n) is 5.33. The molecule has 3 aromatic carbocycles. The first-order valence-electron chi connectivity index (χ1n) is 10.6. The standard InChI is InChI=1S/C26H20F3N3O2S/c1-15-20(31-23(33)17-7-4-3-5-8-17)9-6-10-21(15)32-24(34)22-16(2)30-25(35-22)18-11-13-19(14-12-18)26(27,28)29/h3-14H,1-2H3,(H,31,33)(H,32,34). The van der Waals surface area contributed by atoms with Crippen molar-refractivity contribution < 1.29 is 22.8 Å². The van der Waals surface area contributed by atoms with Crippen molar-refractivity contribution in [1.29, 1.82) is 0 Å². The summed E-state index contributed by atoms with van der Waals surface area (Å²) in [5.41, 5.74) is 2.48. The molecule has 0 aliphatic rings. The zero-order valence-electron chi connectivity index (χ0n) is 18.7. The Kier molecular flexibility index (Phi) is 6.70. The van der Waals surface area contributed by atoms with E-state index in [0.29, 0.717) is 43.6 Å². The van der Waals surface area contributed by atoms with E-state index in [2.05, 4.69) is 15.6 Å². The van der Waals surface area contributed by atoms with Crippen molar-refractivity contribution in [2.24, 2.45) is 0 Å². The van der Waals surface area contributed by atoms with Gasteiger partial charge >= 0.3 is 6.18 Å². The van der Waals surface area contributed by atoms with Gasteiger partial charge in [0.05, 0.1) is 11.3 Å². The minimum absolute atomic E-state index is 0.267. The Hall–Kier alpha value is -3.98. The lowest BCUT2D eigenvalue weighted by Gasteiger charge is -2.13. The van der Waals surface area contributed by atoms with Crippen molar-refractivity contribution >= 4 is 34.5 Å². The van der Waals surface area contributed by atoms with Crippen molar-refractivity contribution in [3.8, 4) is 10.6 Å². The maximum Gasteiger partial charge on any atom is 0.416 e. The zero-order valence-corrected chi connectivity index (χ0v) is 19.6. The number of thiazole rings is 1. The van der Waals surface area contributed by atoms with Crippen LogP contribution in [0.3, 0.4) is 0 Å². The summed E-state index contributed by atoms with van der Waals surface area (Å²) in [4.78, 5) is 30.2. The molecule has 1 aromatic heterocycles. The molecule has 0 aliphatic carbocycles. The van der Waals surface area contributed by atoms with Gasteiger partial charge in [0.25, 0.3) is 11.8 Å². The minimum atomic E-state index is -4.42. The summed E-state index contributed by atoms with van der Waals surface area (Å²) in [5, 5.41) is 6.14. The lowest BCUT2D eigenvalue weighted by atomic mass is 10.1. The molecule has 4 aromatic rings. The maximum atomic E-state index is 13.0. The van der Waals surface area contributed by atoms with E-state index in [0.717, 1.165) is 23.5 Å². The first-order valence-corrected chi connectivity index (χ1v) is 11.4. The van der Waals surface area contributed by atoms with Crippen LogP contribution in [0.25, 0.3) is 10.6 Å². The van der Waals surface area contributed by atoms with Gasteiger partial charge in [0.2, 0.25) is 0 Å². The van der Waals surface area contributed by atoms with E-state index >= 15 is 0 Å². The van der Waals surface area contributed by atoms with Gasteiger partial charge in [0.1, 0.15) is 9.88 Å². The van der Waals surface area contributed by atoms with E-state index in [1.165, 1.54) is 12.1 Å². The Bertz CT molecular complexity index is 1380. The Morgan fingerprint density at radius 3 is 2.00 bits per heavy atom. The summed E-state index contributed by atoms with van der Waals surface area (Å²) in [5.74, 6) is -0.663. The number of aryl methyl sites for hydroxylation is 1. The van der Waals surface area contributed by atoms with Crippen molar-refractivity contribution in [2.45, 2.75) is 20.0 Å². The summed E-state index contributed by atoms with van der Waals surface area (Å²) in [6.07, 6.45) is -4.42. The number of alkyl halides is 3. The lowest BCUT2D eigenvalue weighted by molar-refractivity contribution is -0.137. The van der Waals surface area contributed by atoms with Crippen LogP contribution in [0.1, 0.15) is 36.9 Å². The predicted octanol–water partition coefficient (Wildman–Crippen LogP) is 6.95. The normalized spacial score (nSPS) is 11.2. The molecule has 35 heavy (non-hydrogen) atoms. The monoisotopic (exact) mass is 495 g/mol. The van der Waals surface area contributed by atoms with Gasteiger partial charge < -0.3 is 10.6 Å². The molecule has 2 amide bonds. The number of nitrogens with one attached hydrogen (secondary N) is 2. The fraction of sp³-hybridized carbons (Fsp3) is 0.115. The highest BCUT2D eigenvalue weighted by Gasteiger charge is 2.30. The number of hydrogen-bond acceptors (Lipinski definition) is 4. The molecular weight excluding hydrogens is 475 g/mol. The molecule has 2 N–H and O–H groups in total. The van der Waals surface area contributed by atoms with E-state index in [9.17, 15) is 22.8 Å². The lowest BCUT2D eigenvalue weighted by Crippen LogP contribution is -2.15. The molecule has 0 spiro atoms. The van der Waals surface area contributed by atoms with Gasteiger partial charge in [-0.1, -0.05) is 36.4 Å². The smallest absolute Gasteiger partial charge is 0.322 e. The summed E-state index contributed by atoms with van der Waals surface area (Å²) < 4.78 is 38.5. The fourth-order valence-corrected chi connectivity index (χ4v) is 4.37. The van der Waals surface area contributed by atoms with E-state index in [4.69, 9.17) is 0 Å². The molecule has 5 nitrogen and oxygen atoms in total. The van der Waals surface area contributed by atoms with Crippen LogP contribution in [0.15, 0.2) is 72.8 Å². The molecule has 0 atom stereocenters. The highest BCUT2D eigenvalue weighted by atomic mass is 32.1. The summed E-state index contributed by atoms with van der Waals surface area (Å²) in [6, 6.07) is 18.6. The van der Waals surface area contributed by atoms with Crippen LogP contribution in [0.5, 0.6) is 0 Å². The second-order valence-corrected chi connectivity index (χ2v) is 8.76. The van der Waals surface area contributed by atoms with Crippen LogP contribution in [0.4, 0.5) is 24.5 Å². The Balaban J connectivity index is 1.52. The molecule has 0 saturated carbocycles. The van der Waals surface area contributed by atoms with Gasteiger partial charge in [-0.3, -0.25) is 9.59 Å². The molecule has 0 saturated heterocycles. The van der Waals surface area contributed by atoms with Crippen molar-refractivity contribution in [2.75, 3.05) is 10.6 Å². The van der Waals surface area contributed by atoms with E-state index < -0.39 is 17.6 Å². The highest BCUT2D eigenvalue weighted by Crippen LogP contribution is 2.33. The number of halogens is 3. The number of carbonyl (C=O) groups excluding carboxylic acids is 2. The quantitative estimate of drug-likeness (QED) is 0.315. The first-order chi connectivity index (χ1) is 16.6. The van der Waals surface area contributed by atoms with E-state index in [1.807, 2.05) is 6.07 Å². The SMILES string of the molecule is Cc1nc(-c2ccc(C(F)(F)F)cc2)sc1C(=O)Nc1cccc(NC(=O)c2ccccc2)c1C. The molecule has 178 valence electrons. The van der Waals surface area contributed by atoms with Gasteiger partial charge in [-0.15, -0.1) is 11.3 Å². The molecule has 0 bridgehead atoms. The van der Waals surface area contributed by atoms with Crippen LogP contribution in [-0.4, -0.2) is 16.8 Å². The number of carbonyl (C=O) groups is 2. The molecule has 0 fully saturated rings. The van der Waals surface area contributed by atoms with Crippen LogP contribution in [0, 0.1) is 13.8 Å². The number of hydrogen-bond donors (Lipinski definition) is 2. The first kappa shape index (κ1) is 24.2. The van der Waals surface area contributed by atoms with Gasteiger partial charge in [0.15, 0.2) is 0 Å². The average molecular weight is 496 g/mol. The largest absolute Gasteiger partial charge is 0.416 e. The van der Waals surface area contributed by atoms with Gasteiger partial charge in [-0.2, -0.15) is 13.2 Å². The number of benzene rings is 3. The topological polar surface area (TPSA) is 71.1 Å². The molecule has 0 radical (unpaired) electrons. The van der Waals surface area contributed by atoms with E-state index in [1.54, 1.807) is 56.3 Å². The molecule has 0 aliphatic heterocycles. The Labute approximate surface area is 203 Å². The van der Waals surface area contributed by atoms with Crippen molar-refractivity contribution in [3.63, 3.8) is 0 Å². The number of anilines is 2.